The lowest BCUT2D eigenvalue weighted by molar-refractivity contribution is -0.137. The molecule has 0 saturated carbocycles. The number of aromatic nitrogens is 4. The summed E-state index contributed by atoms with van der Waals surface area (Å²) in [5.41, 5.74) is 1.63. The maximum absolute atomic E-state index is 11.0. The van der Waals surface area contributed by atoms with E-state index in [1.165, 1.54) is 4.57 Å². The molecule has 0 aromatic carbocycles. The van der Waals surface area contributed by atoms with Crippen LogP contribution in [0.5, 0.6) is 0 Å². The van der Waals surface area contributed by atoms with E-state index >= 15 is 0 Å². The number of rotatable bonds is 3. The van der Waals surface area contributed by atoms with Gasteiger partial charge in [-0.15, -0.1) is 0 Å². The number of aliphatic carboxylic acids is 1. The third-order valence-electron chi connectivity index (χ3n) is 2.75. The Morgan fingerprint density at radius 1 is 1.30 bits per heavy atom. The maximum Gasteiger partial charge on any atom is 0.323 e. The molecule has 3 aromatic rings. The fourth-order valence-electron chi connectivity index (χ4n) is 1.97. The number of carboxylic acids is 1. The van der Waals surface area contributed by atoms with Crippen LogP contribution in [-0.4, -0.2) is 30.6 Å². The molecule has 0 saturated heterocycles. The Kier molecular flexibility index (Phi) is 3.08. The maximum atomic E-state index is 11.0. The van der Waals surface area contributed by atoms with E-state index in [4.69, 9.17) is 16.7 Å². The van der Waals surface area contributed by atoms with Gasteiger partial charge in [-0.1, -0.05) is 11.6 Å². The fraction of sp³-hybridized carbons (Fsp3) is 0.0769. The van der Waals surface area contributed by atoms with Gasteiger partial charge in [-0.2, -0.15) is 0 Å². The zero-order chi connectivity index (χ0) is 14.1. The lowest BCUT2D eigenvalue weighted by Crippen LogP contribution is -2.11. The van der Waals surface area contributed by atoms with Crippen LogP contribution in [0.2, 0.25) is 5.02 Å². The first-order chi connectivity index (χ1) is 9.65. The summed E-state index contributed by atoms with van der Waals surface area (Å²) in [5.74, 6) is -0.540. The third kappa shape index (κ3) is 2.21. The summed E-state index contributed by atoms with van der Waals surface area (Å²) in [7, 11) is 0. The second-order valence-electron chi connectivity index (χ2n) is 4.12. The van der Waals surface area contributed by atoms with Gasteiger partial charge in [0.25, 0.3) is 0 Å². The summed E-state index contributed by atoms with van der Waals surface area (Å²) in [6, 6.07) is 6.80. The lowest BCUT2D eigenvalue weighted by Gasteiger charge is -2.05. The average Bonchev–Trinajstić information content (AvgIpc) is 2.77. The number of carboxylic acid groups (broad SMARTS) is 1. The quantitative estimate of drug-likeness (QED) is 0.799. The van der Waals surface area contributed by atoms with Crippen LogP contribution < -0.4 is 0 Å². The second kappa shape index (κ2) is 4.90. The van der Waals surface area contributed by atoms with Gasteiger partial charge in [0.1, 0.15) is 17.8 Å². The van der Waals surface area contributed by atoms with Crippen molar-refractivity contribution in [3.8, 4) is 11.5 Å². The largest absolute Gasteiger partial charge is 0.480 e. The van der Waals surface area contributed by atoms with E-state index in [1.54, 1.807) is 36.7 Å². The van der Waals surface area contributed by atoms with Gasteiger partial charge >= 0.3 is 5.97 Å². The van der Waals surface area contributed by atoms with Crippen molar-refractivity contribution >= 4 is 28.7 Å². The Morgan fingerprint density at radius 3 is 2.90 bits per heavy atom. The summed E-state index contributed by atoms with van der Waals surface area (Å²) < 4.78 is 1.51. The van der Waals surface area contributed by atoms with Crippen molar-refractivity contribution in [1.29, 1.82) is 0 Å². The van der Waals surface area contributed by atoms with Gasteiger partial charge in [0.2, 0.25) is 0 Å². The molecule has 0 spiro atoms. The van der Waals surface area contributed by atoms with Gasteiger partial charge in [-0.05, 0) is 24.3 Å². The summed E-state index contributed by atoms with van der Waals surface area (Å²) in [6.45, 7) is -0.239. The number of pyridine rings is 2. The minimum absolute atomic E-state index is 0.239. The highest BCUT2D eigenvalue weighted by Crippen LogP contribution is 2.23. The minimum Gasteiger partial charge on any atom is -0.480 e. The standard InChI is InChI=1S/C13H9ClN4O2/c14-8-3-5-15-10(6-8)13-17-9-2-1-4-16-12(9)18(13)7-11(19)20/h1-6H,7H2,(H,19,20). The molecule has 0 radical (unpaired) electrons. The van der Waals surface area contributed by atoms with E-state index in [0.29, 0.717) is 27.7 Å². The highest BCUT2D eigenvalue weighted by Gasteiger charge is 2.16. The lowest BCUT2D eigenvalue weighted by atomic mass is 10.3. The highest BCUT2D eigenvalue weighted by molar-refractivity contribution is 6.30. The molecule has 1 N–H and O–H groups in total. The molecule has 7 heteroatoms. The van der Waals surface area contributed by atoms with E-state index in [1.807, 2.05) is 0 Å². The van der Waals surface area contributed by atoms with Crippen LogP contribution in [0.25, 0.3) is 22.7 Å². The molecule has 3 rings (SSSR count). The minimum atomic E-state index is -0.974. The molecule has 0 bridgehead atoms. The number of halogens is 1. The second-order valence-corrected chi connectivity index (χ2v) is 4.56. The predicted octanol–water partition coefficient (Wildman–Crippen LogP) is 2.23. The van der Waals surface area contributed by atoms with Crippen molar-refractivity contribution in [2.24, 2.45) is 0 Å². The SMILES string of the molecule is O=C(O)Cn1c(-c2cc(Cl)ccn2)nc2cccnc21. The van der Waals surface area contributed by atoms with Crippen LogP contribution in [-0.2, 0) is 11.3 Å². The number of imidazole rings is 1. The van der Waals surface area contributed by atoms with Gasteiger partial charge in [0.05, 0.1) is 0 Å². The summed E-state index contributed by atoms with van der Waals surface area (Å²) >= 11 is 5.94. The van der Waals surface area contributed by atoms with Crippen LogP contribution in [0.4, 0.5) is 0 Å². The van der Waals surface area contributed by atoms with Crippen LogP contribution in [0.1, 0.15) is 0 Å². The molecule has 0 unspecified atom stereocenters. The van der Waals surface area contributed by atoms with Crippen LogP contribution in [0.3, 0.4) is 0 Å². The predicted molar refractivity (Wildman–Crippen MR) is 73.4 cm³/mol. The first kappa shape index (κ1) is 12.6. The zero-order valence-corrected chi connectivity index (χ0v) is 10.9. The van der Waals surface area contributed by atoms with E-state index in [2.05, 4.69) is 15.0 Å². The van der Waals surface area contributed by atoms with E-state index in [9.17, 15) is 4.79 Å². The number of carbonyl (C=O) groups is 1. The van der Waals surface area contributed by atoms with Gasteiger partial charge in [-0.3, -0.25) is 14.3 Å². The molecule has 0 aliphatic rings. The van der Waals surface area contributed by atoms with Gasteiger partial charge in [0, 0.05) is 17.4 Å². The van der Waals surface area contributed by atoms with E-state index < -0.39 is 5.97 Å². The molecule has 0 amide bonds. The van der Waals surface area contributed by atoms with Crippen molar-refractivity contribution in [1.82, 2.24) is 19.5 Å². The van der Waals surface area contributed by atoms with Crippen molar-refractivity contribution < 1.29 is 9.90 Å². The summed E-state index contributed by atoms with van der Waals surface area (Å²) in [5, 5.41) is 9.56. The Bertz CT molecular complexity index is 800. The molecular formula is C13H9ClN4O2. The van der Waals surface area contributed by atoms with Crippen molar-refractivity contribution in [3.63, 3.8) is 0 Å². The Balaban J connectivity index is 2.26. The Hall–Kier alpha value is -2.47. The van der Waals surface area contributed by atoms with Gasteiger partial charge in [0.15, 0.2) is 11.5 Å². The topological polar surface area (TPSA) is 80.9 Å². The fourth-order valence-corrected chi connectivity index (χ4v) is 2.13. The summed E-state index contributed by atoms with van der Waals surface area (Å²) in [4.78, 5) is 23.8. The molecule has 3 aromatic heterocycles. The Morgan fingerprint density at radius 2 is 2.15 bits per heavy atom. The van der Waals surface area contributed by atoms with E-state index in [-0.39, 0.29) is 6.54 Å². The molecular weight excluding hydrogens is 280 g/mol. The number of fused-ring (bicyclic) bond motifs is 1. The number of nitrogens with zero attached hydrogens (tertiary/aromatic N) is 4. The molecule has 6 nitrogen and oxygen atoms in total. The highest BCUT2D eigenvalue weighted by atomic mass is 35.5. The van der Waals surface area contributed by atoms with Crippen molar-refractivity contribution in [2.45, 2.75) is 6.54 Å². The van der Waals surface area contributed by atoms with Gasteiger partial charge in [-0.25, -0.2) is 9.97 Å². The third-order valence-corrected chi connectivity index (χ3v) is 2.98. The average molecular weight is 289 g/mol. The normalized spacial score (nSPS) is 10.8. The summed E-state index contributed by atoms with van der Waals surface area (Å²) in [6.07, 6.45) is 3.15. The number of hydrogen-bond donors (Lipinski definition) is 1. The molecule has 0 fully saturated rings. The molecule has 3 heterocycles. The first-order valence-corrected chi connectivity index (χ1v) is 6.18. The zero-order valence-electron chi connectivity index (χ0n) is 10.2. The van der Waals surface area contributed by atoms with Crippen LogP contribution >= 0.6 is 11.6 Å². The van der Waals surface area contributed by atoms with Crippen LogP contribution in [0.15, 0.2) is 36.7 Å². The number of hydrogen-bond acceptors (Lipinski definition) is 4. The van der Waals surface area contributed by atoms with Gasteiger partial charge < -0.3 is 5.11 Å². The molecule has 100 valence electrons. The van der Waals surface area contributed by atoms with E-state index in [0.717, 1.165) is 0 Å². The van der Waals surface area contributed by atoms with Crippen molar-refractivity contribution in [2.75, 3.05) is 0 Å². The van der Waals surface area contributed by atoms with Crippen molar-refractivity contribution in [3.05, 3.63) is 41.7 Å². The molecule has 0 atom stereocenters. The van der Waals surface area contributed by atoms with Crippen LogP contribution in [0, 0.1) is 0 Å². The Labute approximate surface area is 118 Å². The monoisotopic (exact) mass is 288 g/mol. The molecule has 0 aliphatic heterocycles. The molecule has 20 heavy (non-hydrogen) atoms. The molecule has 0 aliphatic carbocycles. The first-order valence-electron chi connectivity index (χ1n) is 5.80. The smallest absolute Gasteiger partial charge is 0.323 e.